The summed E-state index contributed by atoms with van der Waals surface area (Å²) < 4.78 is 6.14. The van der Waals surface area contributed by atoms with Gasteiger partial charge in [-0.3, -0.25) is 14.8 Å². The molecule has 3 aromatic rings. The minimum atomic E-state index is -0.587. The largest absolute Gasteiger partial charge is 0.488 e. The first kappa shape index (κ1) is 24.4. The van der Waals surface area contributed by atoms with E-state index in [1.54, 1.807) is 35.8 Å². The lowest BCUT2D eigenvalue weighted by molar-refractivity contribution is -0.118. The number of fused-ring (bicyclic) bond motifs is 1. The Hall–Kier alpha value is -3.68. The average molecular weight is 474 g/mol. The molecule has 1 fully saturated rings. The Labute approximate surface area is 205 Å². The van der Waals surface area contributed by atoms with Gasteiger partial charge in [-0.15, -0.1) is 0 Å². The van der Waals surface area contributed by atoms with Gasteiger partial charge in [0.15, 0.2) is 0 Å². The molecule has 7 heteroatoms. The maximum Gasteiger partial charge on any atom is 0.274 e. The topological polar surface area (TPSA) is 90.9 Å². The number of benzene rings is 3. The van der Waals surface area contributed by atoms with E-state index in [1.165, 1.54) is 0 Å². The predicted molar refractivity (Wildman–Crippen MR) is 136 cm³/mol. The second kappa shape index (κ2) is 11.6. The standard InChI is InChI=1S/C28H31N3O4/c1-2-31-16-14-24(15-17-31)29-27(32)23(18-20-10-12-22(13-11-20)28(33)30-34)19-35-26-9-5-7-21-6-3-4-8-25(21)26/h3-13,18,24,34H,2,14-17,19H2,1H3,(H,29,32)(H,30,33). The lowest BCUT2D eigenvalue weighted by Gasteiger charge is -2.31. The van der Waals surface area contributed by atoms with Crippen LogP contribution < -0.4 is 15.5 Å². The van der Waals surface area contributed by atoms with E-state index in [9.17, 15) is 9.59 Å². The molecule has 182 valence electrons. The molecule has 0 radical (unpaired) electrons. The fourth-order valence-corrected chi connectivity index (χ4v) is 4.32. The lowest BCUT2D eigenvalue weighted by atomic mass is 10.0. The molecule has 7 nitrogen and oxygen atoms in total. The van der Waals surface area contributed by atoms with Crippen LogP contribution in [0.25, 0.3) is 16.8 Å². The lowest BCUT2D eigenvalue weighted by Crippen LogP contribution is -2.45. The Morgan fingerprint density at radius 3 is 2.46 bits per heavy atom. The number of carbonyl (C=O) groups excluding carboxylic acids is 2. The predicted octanol–water partition coefficient (Wildman–Crippen LogP) is 4.02. The van der Waals surface area contributed by atoms with E-state index in [4.69, 9.17) is 9.94 Å². The van der Waals surface area contributed by atoms with Gasteiger partial charge in [0.1, 0.15) is 12.4 Å². The van der Waals surface area contributed by atoms with Crippen molar-refractivity contribution < 1.29 is 19.5 Å². The number of hydroxylamine groups is 1. The van der Waals surface area contributed by atoms with Crippen molar-refractivity contribution in [3.8, 4) is 5.75 Å². The monoisotopic (exact) mass is 473 g/mol. The minimum Gasteiger partial charge on any atom is -0.488 e. The highest BCUT2D eigenvalue weighted by Crippen LogP contribution is 2.26. The van der Waals surface area contributed by atoms with Gasteiger partial charge in [0.25, 0.3) is 11.8 Å². The second-order valence-electron chi connectivity index (χ2n) is 8.68. The number of piperidine rings is 1. The molecule has 35 heavy (non-hydrogen) atoms. The van der Waals surface area contributed by atoms with Crippen molar-refractivity contribution >= 4 is 28.7 Å². The summed E-state index contributed by atoms with van der Waals surface area (Å²) in [7, 11) is 0. The Balaban J connectivity index is 1.54. The molecule has 3 N–H and O–H groups in total. The van der Waals surface area contributed by atoms with Crippen molar-refractivity contribution in [1.29, 1.82) is 0 Å². The van der Waals surface area contributed by atoms with Gasteiger partial charge in [-0.2, -0.15) is 0 Å². The van der Waals surface area contributed by atoms with Crippen molar-refractivity contribution in [2.24, 2.45) is 0 Å². The van der Waals surface area contributed by atoms with Gasteiger partial charge in [-0.1, -0.05) is 55.5 Å². The number of carbonyl (C=O) groups is 2. The summed E-state index contributed by atoms with van der Waals surface area (Å²) in [5.74, 6) is -0.0263. The van der Waals surface area contributed by atoms with Crippen LogP contribution >= 0.6 is 0 Å². The van der Waals surface area contributed by atoms with Crippen LogP contribution in [0.1, 0.15) is 35.7 Å². The van der Waals surface area contributed by atoms with Crippen molar-refractivity contribution in [2.45, 2.75) is 25.8 Å². The minimum absolute atomic E-state index is 0.104. The van der Waals surface area contributed by atoms with Crippen LogP contribution in [0.4, 0.5) is 0 Å². The third-order valence-electron chi connectivity index (χ3n) is 6.41. The highest BCUT2D eigenvalue weighted by molar-refractivity contribution is 5.99. The Morgan fingerprint density at radius 1 is 1.03 bits per heavy atom. The third kappa shape index (κ3) is 6.26. The molecule has 1 aliphatic rings. The van der Waals surface area contributed by atoms with E-state index in [-0.39, 0.29) is 18.6 Å². The van der Waals surface area contributed by atoms with E-state index in [1.807, 2.05) is 42.5 Å². The first-order chi connectivity index (χ1) is 17.1. The maximum atomic E-state index is 13.3. The normalized spacial score (nSPS) is 15.1. The summed E-state index contributed by atoms with van der Waals surface area (Å²) in [5.41, 5.74) is 3.20. The summed E-state index contributed by atoms with van der Waals surface area (Å²) >= 11 is 0. The SMILES string of the molecule is CCN1CCC(NC(=O)C(=Cc2ccc(C(=O)NO)cc2)COc2cccc3ccccc23)CC1. The van der Waals surface area contributed by atoms with Crippen LogP contribution in [0.3, 0.4) is 0 Å². The summed E-state index contributed by atoms with van der Waals surface area (Å²) in [4.78, 5) is 27.3. The fourth-order valence-electron chi connectivity index (χ4n) is 4.32. The van der Waals surface area contributed by atoms with Crippen LogP contribution in [-0.4, -0.2) is 54.2 Å². The van der Waals surface area contributed by atoms with Crippen LogP contribution in [0.5, 0.6) is 5.75 Å². The summed E-state index contributed by atoms with van der Waals surface area (Å²) in [6, 6.07) is 20.6. The quantitative estimate of drug-likeness (QED) is 0.261. The molecule has 0 unspecified atom stereocenters. The first-order valence-electron chi connectivity index (χ1n) is 12.0. The molecule has 1 saturated heterocycles. The zero-order valence-electron chi connectivity index (χ0n) is 19.9. The highest BCUT2D eigenvalue weighted by Gasteiger charge is 2.21. The number of likely N-dealkylation sites (tertiary alicyclic amines) is 1. The van der Waals surface area contributed by atoms with Crippen molar-refractivity contribution in [1.82, 2.24) is 15.7 Å². The van der Waals surface area contributed by atoms with E-state index < -0.39 is 5.91 Å². The van der Waals surface area contributed by atoms with Gasteiger partial charge >= 0.3 is 0 Å². The molecule has 4 rings (SSSR count). The molecular weight excluding hydrogens is 442 g/mol. The molecular formula is C28H31N3O4. The third-order valence-corrected chi connectivity index (χ3v) is 6.41. The molecule has 0 atom stereocenters. The number of nitrogens with one attached hydrogen (secondary N) is 2. The van der Waals surface area contributed by atoms with Gasteiger partial charge in [-0.25, -0.2) is 5.48 Å². The Bertz CT molecular complexity index is 1190. The Morgan fingerprint density at radius 2 is 1.74 bits per heavy atom. The zero-order valence-corrected chi connectivity index (χ0v) is 19.9. The first-order valence-corrected chi connectivity index (χ1v) is 12.0. The Kier molecular flexibility index (Phi) is 8.13. The number of rotatable bonds is 8. The molecule has 1 aliphatic heterocycles. The van der Waals surface area contributed by atoms with E-state index in [0.29, 0.717) is 16.9 Å². The molecule has 0 spiro atoms. The van der Waals surface area contributed by atoms with Crippen molar-refractivity contribution in [3.05, 3.63) is 83.4 Å². The maximum absolute atomic E-state index is 13.3. The van der Waals surface area contributed by atoms with E-state index in [2.05, 4.69) is 17.1 Å². The summed E-state index contributed by atoms with van der Waals surface area (Å²) in [5, 5.41) is 14.1. The van der Waals surface area contributed by atoms with Gasteiger partial charge < -0.3 is 15.0 Å². The van der Waals surface area contributed by atoms with Crippen molar-refractivity contribution in [3.63, 3.8) is 0 Å². The van der Waals surface area contributed by atoms with Gasteiger partial charge in [0.05, 0.1) is 5.57 Å². The highest BCUT2D eigenvalue weighted by atomic mass is 16.5. The number of nitrogens with zero attached hydrogens (tertiary/aromatic N) is 1. The summed E-state index contributed by atoms with van der Waals surface area (Å²) in [6.07, 6.45) is 3.62. The fraction of sp³-hybridized carbons (Fsp3) is 0.286. The van der Waals surface area contributed by atoms with Gasteiger partial charge in [0.2, 0.25) is 0 Å². The van der Waals surface area contributed by atoms with Crippen LogP contribution in [0, 0.1) is 0 Å². The number of hydrogen-bond acceptors (Lipinski definition) is 5. The molecule has 0 aromatic heterocycles. The van der Waals surface area contributed by atoms with Gasteiger partial charge in [0, 0.05) is 30.1 Å². The number of amides is 2. The molecule has 0 aliphatic carbocycles. The second-order valence-corrected chi connectivity index (χ2v) is 8.68. The smallest absolute Gasteiger partial charge is 0.274 e. The zero-order chi connectivity index (χ0) is 24.6. The molecule has 2 amide bonds. The molecule has 0 bridgehead atoms. The van der Waals surface area contributed by atoms with Gasteiger partial charge in [-0.05, 0) is 54.6 Å². The molecule has 0 saturated carbocycles. The van der Waals surface area contributed by atoms with E-state index >= 15 is 0 Å². The van der Waals surface area contributed by atoms with Crippen LogP contribution in [0.15, 0.2) is 72.3 Å². The number of hydrogen-bond donors (Lipinski definition) is 3. The summed E-state index contributed by atoms with van der Waals surface area (Å²) in [6.45, 7) is 5.23. The van der Waals surface area contributed by atoms with E-state index in [0.717, 1.165) is 48.8 Å². The molecule has 3 aromatic carbocycles. The number of ether oxygens (including phenoxy) is 1. The van der Waals surface area contributed by atoms with Crippen LogP contribution in [-0.2, 0) is 4.79 Å². The van der Waals surface area contributed by atoms with Crippen LogP contribution in [0.2, 0.25) is 0 Å². The van der Waals surface area contributed by atoms with Crippen molar-refractivity contribution in [2.75, 3.05) is 26.2 Å². The average Bonchev–Trinajstić information content (AvgIpc) is 2.91. The molecule has 1 heterocycles.